The predicted octanol–water partition coefficient (Wildman–Crippen LogP) is 0.253. The lowest BCUT2D eigenvalue weighted by Gasteiger charge is -2.15. The summed E-state index contributed by atoms with van der Waals surface area (Å²) in [6, 6.07) is 0. The van der Waals surface area contributed by atoms with E-state index < -0.39 is 0 Å². The van der Waals surface area contributed by atoms with Crippen LogP contribution in [0.2, 0.25) is 0 Å². The maximum Gasteiger partial charge on any atom is 0.241 e. The normalized spacial score (nSPS) is 10.2. The lowest BCUT2D eigenvalue weighted by Crippen LogP contribution is -2.32. The van der Waals surface area contributed by atoms with Crippen LogP contribution in [0.5, 0.6) is 0 Å². The van der Waals surface area contributed by atoms with E-state index in [4.69, 9.17) is 18.0 Å². The summed E-state index contributed by atoms with van der Waals surface area (Å²) in [5, 5.41) is 7.28. The van der Waals surface area contributed by atoms with Gasteiger partial charge in [0, 0.05) is 20.6 Å². The summed E-state index contributed by atoms with van der Waals surface area (Å²) < 4.78 is 1.64. The summed E-state index contributed by atoms with van der Waals surface area (Å²) in [5.41, 5.74) is 7.11. The number of nitrogens with two attached hydrogens (primary N) is 1. The number of thiocarbonyl (C=S) groups is 1. The summed E-state index contributed by atoms with van der Waals surface area (Å²) >= 11 is 4.99. The molecule has 0 fully saturated rings. The zero-order valence-corrected chi connectivity index (χ0v) is 12.0. The third kappa shape index (κ3) is 2.98. The van der Waals surface area contributed by atoms with Gasteiger partial charge in [0.05, 0.1) is 17.8 Å². The Morgan fingerprint density at radius 3 is 2.72 bits per heavy atom. The molecule has 0 saturated carbocycles. The Kier molecular flexibility index (Phi) is 4.66. The first-order chi connectivity index (χ1) is 8.38. The molecule has 0 aromatic carbocycles. The van der Waals surface area contributed by atoms with E-state index in [1.165, 1.54) is 0 Å². The molecule has 100 valence electrons. The molecule has 1 heterocycles. The molecular weight excluding hydrogens is 250 g/mol. The van der Waals surface area contributed by atoms with Crippen LogP contribution in [0, 0.1) is 6.92 Å². The van der Waals surface area contributed by atoms with Crippen LogP contribution in [-0.4, -0.2) is 45.7 Å². The lowest BCUT2D eigenvalue weighted by atomic mass is 10.2. The van der Waals surface area contributed by atoms with Gasteiger partial charge in [-0.15, -0.1) is 0 Å². The first-order valence-corrected chi connectivity index (χ1v) is 6.10. The minimum Gasteiger partial charge on any atom is -0.389 e. The smallest absolute Gasteiger partial charge is 0.241 e. The van der Waals surface area contributed by atoms with Crippen LogP contribution in [0.4, 0.5) is 5.82 Å². The van der Waals surface area contributed by atoms with Crippen molar-refractivity contribution < 1.29 is 4.79 Å². The standard InChI is InChI=1S/C11H19N5OS/c1-5-15(3)8(17)6-13-11-9(10(12)18)7(2)14-16(11)4/h13H,5-6H2,1-4H3,(H2,12,18). The summed E-state index contributed by atoms with van der Waals surface area (Å²) in [5.74, 6) is 0.683. The van der Waals surface area contributed by atoms with Gasteiger partial charge >= 0.3 is 0 Å². The van der Waals surface area contributed by atoms with Crippen molar-refractivity contribution in [3.63, 3.8) is 0 Å². The van der Waals surface area contributed by atoms with Crippen molar-refractivity contribution in [3.8, 4) is 0 Å². The highest BCUT2D eigenvalue weighted by Crippen LogP contribution is 2.18. The molecule has 0 aliphatic rings. The van der Waals surface area contributed by atoms with E-state index in [0.717, 1.165) is 5.69 Å². The second-order valence-electron chi connectivity index (χ2n) is 4.06. The highest BCUT2D eigenvalue weighted by Gasteiger charge is 2.16. The molecule has 7 heteroatoms. The summed E-state index contributed by atoms with van der Waals surface area (Å²) in [7, 11) is 3.54. The maximum absolute atomic E-state index is 11.7. The van der Waals surface area contributed by atoms with Gasteiger partial charge in [-0.1, -0.05) is 12.2 Å². The fraction of sp³-hybridized carbons (Fsp3) is 0.545. The fourth-order valence-corrected chi connectivity index (χ4v) is 1.87. The molecule has 3 N–H and O–H groups in total. The molecule has 1 aromatic heterocycles. The highest BCUT2D eigenvalue weighted by molar-refractivity contribution is 7.80. The Morgan fingerprint density at radius 2 is 2.22 bits per heavy atom. The van der Waals surface area contributed by atoms with Crippen LogP contribution in [-0.2, 0) is 11.8 Å². The SMILES string of the molecule is CCN(C)C(=O)CNc1c(C(N)=S)c(C)nn1C. The third-order valence-corrected chi connectivity index (χ3v) is 2.98. The molecular formula is C11H19N5OS. The average Bonchev–Trinajstić information content (AvgIpc) is 2.59. The molecule has 0 unspecified atom stereocenters. The van der Waals surface area contributed by atoms with Crippen molar-refractivity contribution >= 4 is 28.9 Å². The zero-order chi connectivity index (χ0) is 13.9. The molecule has 1 rings (SSSR count). The van der Waals surface area contributed by atoms with Crippen LogP contribution in [0.3, 0.4) is 0 Å². The quantitative estimate of drug-likeness (QED) is 0.750. The molecule has 1 amide bonds. The van der Waals surface area contributed by atoms with Crippen LogP contribution >= 0.6 is 12.2 Å². The van der Waals surface area contributed by atoms with E-state index >= 15 is 0 Å². The summed E-state index contributed by atoms with van der Waals surface area (Å²) in [6.45, 7) is 4.62. The zero-order valence-electron chi connectivity index (χ0n) is 11.1. The largest absolute Gasteiger partial charge is 0.389 e. The first-order valence-electron chi connectivity index (χ1n) is 5.69. The van der Waals surface area contributed by atoms with Crippen LogP contribution in [0.1, 0.15) is 18.2 Å². The lowest BCUT2D eigenvalue weighted by molar-refractivity contribution is -0.127. The number of aromatic nitrogens is 2. The van der Waals surface area contributed by atoms with Crippen LogP contribution in [0.25, 0.3) is 0 Å². The van der Waals surface area contributed by atoms with Gasteiger partial charge in [0.2, 0.25) is 5.91 Å². The van der Waals surface area contributed by atoms with Gasteiger partial charge in [-0.05, 0) is 13.8 Å². The van der Waals surface area contributed by atoms with Gasteiger partial charge in [-0.25, -0.2) is 0 Å². The summed E-state index contributed by atoms with van der Waals surface area (Å²) in [4.78, 5) is 13.6. The average molecular weight is 269 g/mol. The number of nitrogens with one attached hydrogen (secondary N) is 1. The van der Waals surface area contributed by atoms with Crippen LogP contribution < -0.4 is 11.1 Å². The Balaban J connectivity index is 2.85. The second-order valence-corrected chi connectivity index (χ2v) is 4.50. The van der Waals surface area contributed by atoms with E-state index in [-0.39, 0.29) is 17.4 Å². The number of likely N-dealkylation sites (N-methyl/N-ethyl adjacent to an activating group) is 1. The van der Waals surface area contributed by atoms with Crippen LogP contribution in [0.15, 0.2) is 0 Å². The van der Waals surface area contributed by atoms with Gasteiger partial charge in [-0.3, -0.25) is 9.48 Å². The Labute approximate surface area is 112 Å². The number of hydrogen-bond acceptors (Lipinski definition) is 4. The van der Waals surface area contributed by atoms with E-state index in [2.05, 4.69) is 10.4 Å². The predicted molar refractivity (Wildman–Crippen MR) is 75.6 cm³/mol. The number of anilines is 1. The molecule has 0 atom stereocenters. The van der Waals surface area contributed by atoms with Gasteiger partial charge < -0.3 is 16.0 Å². The first kappa shape index (κ1) is 14.4. The molecule has 0 radical (unpaired) electrons. The molecule has 1 aromatic rings. The summed E-state index contributed by atoms with van der Waals surface area (Å²) in [6.07, 6.45) is 0. The number of rotatable bonds is 5. The topological polar surface area (TPSA) is 76.2 Å². The fourth-order valence-electron chi connectivity index (χ4n) is 1.63. The maximum atomic E-state index is 11.7. The highest BCUT2D eigenvalue weighted by atomic mass is 32.1. The van der Waals surface area contributed by atoms with Crippen molar-refractivity contribution in [1.29, 1.82) is 0 Å². The van der Waals surface area contributed by atoms with E-state index in [1.807, 2.05) is 13.8 Å². The minimum absolute atomic E-state index is 0.00485. The number of hydrogen-bond donors (Lipinski definition) is 2. The van der Waals surface area contributed by atoms with E-state index in [9.17, 15) is 4.79 Å². The number of carbonyl (C=O) groups is 1. The Bertz CT molecular complexity index is 468. The number of nitrogens with zero attached hydrogens (tertiary/aromatic N) is 3. The molecule has 0 bridgehead atoms. The van der Waals surface area contributed by atoms with Gasteiger partial charge in [-0.2, -0.15) is 5.10 Å². The monoisotopic (exact) mass is 269 g/mol. The van der Waals surface area contributed by atoms with Crippen molar-refractivity contribution in [3.05, 3.63) is 11.3 Å². The van der Waals surface area contributed by atoms with Gasteiger partial charge in [0.25, 0.3) is 0 Å². The van der Waals surface area contributed by atoms with Crippen molar-refractivity contribution in [2.24, 2.45) is 12.8 Å². The van der Waals surface area contributed by atoms with Gasteiger partial charge in [0.1, 0.15) is 10.8 Å². The number of aryl methyl sites for hydroxylation is 2. The van der Waals surface area contributed by atoms with E-state index in [1.54, 1.807) is 23.7 Å². The molecule has 0 saturated heterocycles. The Morgan fingerprint density at radius 1 is 1.61 bits per heavy atom. The van der Waals surface area contributed by atoms with E-state index in [0.29, 0.717) is 17.9 Å². The third-order valence-electron chi connectivity index (χ3n) is 2.78. The molecule has 18 heavy (non-hydrogen) atoms. The molecule has 0 spiro atoms. The molecule has 0 aliphatic carbocycles. The van der Waals surface area contributed by atoms with Crippen molar-refractivity contribution in [2.75, 3.05) is 25.5 Å². The van der Waals surface area contributed by atoms with Gasteiger partial charge in [0.15, 0.2) is 0 Å². The number of carbonyl (C=O) groups excluding carboxylic acids is 1. The molecule has 0 aliphatic heterocycles. The number of amides is 1. The van der Waals surface area contributed by atoms with Crippen molar-refractivity contribution in [1.82, 2.24) is 14.7 Å². The minimum atomic E-state index is 0.00485. The second kappa shape index (κ2) is 5.81. The van der Waals surface area contributed by atoms with Crippen molar-refractivity contribution in [2.45, 2.75) is 13.8 Å². The Hall–Kier alpha value is -1.63. The molecule has 6 nitrogen and oxygen atoms in total.